The Labute approximate surface area is 118 Å². The normalized spacial score (nSPS) is 11.7. The predicted molar refractivity (Wildman–Crippen MR) is 77.1 cm³/mol. The Hall–Kier alpha value is -2.49. The monoisotopic (exact) mass is 271 g/mol. The van der Waals surface area contributed by atoms with Crippen molar-refractivity contribution >= 4 is 5.91 Å². The lowest BCUT2D eigenvalue weighted by Gasteiger charge is -2.10. The van der Waals surface area contributed by atoms with Crippen LogP contribution in [0, 0.1) is 0 Å². The molecule has 1 amide bonds. The molecule has 20 heavy (non-hydrogen) atoms. The first kappa shape index (κ1) is 13.9. The Morgan fingerprint density at radius 2 is 1.40 bits per heavy atom. The van der Waals surface area contributed by atoms with Crippen molar-refractivity contribution in [2.45, 2.75) is 12.8 Å². The fraction of sp³-hybridized carbons (Fsp3) is 0.188. The second kappa shape index (κ2) is 6.10. The van der Waals surface area contributed by atoms with E-state index in [9.17, 15) is 4.79 Å². The highest BCUT2D eigenvalue weighted by molar-refractivity contribution is 5.81. The van der Waals surface area contributed by atoms with Gasteiger partial charge >= 0.3 is 0 Å². The molecule has 2 N–H and O–H groups in total. The second-order valence-electron chi connectivity index (χ2n) is 4.47. The average Bonchev–Trinajstić information content (AvgIpc) is 2.48. The molecule has 0 radical (unpaired) electrons. The number of carbonyl (C=O) groups excluding carboxylic acids is 1. The van der Waals surface area contributed by atoms with Crippen LogP contribution in [0.15, 0.2) is 48.5 Å². The highest BCUT2D eigenvalue weighted by atomic mass is 16.5. The van der Waals surface area contributed by atoms with Crippen LogP contribution in [-0.4, -0.2) is 13.0 Å². The molecule has 2 rings (SSSR count). The maximum absolute atomic E-state index is 11.1. The van der Waals surface area contributed by atoms with Gasteiger partial charge in [0.25, 0.3) is 0 Å². The van der Waals surface area contributed by atoms with E-state index in [0.29, 0.717) is 5.75 Å². The Morgan fingerprint density at radius 3 is 1.85 bits per heavy atom. The zero-order valence-corrected chi connectivity index (χ0v) is 11.5. The summed E-state index contributed by atoms with van der Waals surface area (Å²) in [5.74, 6) is 1.57. The first-order valence-electron chi connectivity index (χ1n) is 6.31. The lowest BCUT2D eigenvalue weighted by atomic mass is 10.0. The molecule has 0 heterocycles. The SMILES string of the molecule is COc1ccc(Oc2ccc(C(C)C(N)=O)cc2)cc1. The quantitative estimate of drug-likeness (QED) is 0.909. The van der Waals surface area contributed by atoms with Gasteiger partial charge in [0.2, 0.25) is 5.91 Å². The number of primary amides is 1. The summed E-state index contributed by atoms with van der Waals surface area (Å²) in [5.41, 5.74) is 6.15. The van der Waals surface area contributed by atoms with E-state index in [1.807, 2.05) is 48.5 Å². The average molecular weight is 271 g/mol. The van der Waals surface area contributed by atoms with E-state index in [-0.39, 0.29) is 11.8 Å². The summed E-state index contributed by atoms with van der Waals surface area (Å²) in [6.45, 7) is 1.78. The fourth-order valence-electron chi connectivity index (χ4n) is 1.77. The van der Waals surface area contributed by atoms with Crippen molar-refractivity contribution in [2.75, 3.05) is 7.11 Å². The van der Waals surface area contributed by atoms with Gasteiger partial charge in [0.05, 0.1) is 13.0 Å². The van der Waals surface area contributed by atoms with Crippen LogP contribution in [-0.2, 0) is 4.79 Å². The molecule has 104 valence electrons. The number of hydrogen-bond donors (Lipinski definition) is 1. The molecule has 0 spiro atoms. The van der Waals surface area contributed by atoms with Crippen LogP contribution in [0.4, 0.5) is 0 Å². The van der Waals surface area contributed by atoms with Crippen LogP contribution < -0.4 is 15.2 Å². The molecular weight excluding hydrogens is 254 g/mol. The van der Waals surface area contributed by atoms with Crippen molar-refractivity contribution in [1.82, 2.24) is 0 Å². The Bertz CT molecular complexity index is 576. The molecule has 0 aliphatic rings. The molecule has 0 aliphatic carbocycles. The van der Waals surface area contributed by atoms with Crippen LogP contribution in [0.1, 0.15) is 18.4 Å². The summed E-state index contributed by atoms with van der Waals surface area (Å²) in [7, 11) is 1.62. The number of rotatable bonds is 5. The summed E-state index contributed by atoms with van der Waals surface area (Å²) in [4.78, 5) is 11.1. The van der Waals surface area contributed by atoms with E-state index in [1.165, 1.54) is 0 Å². The third-order valence-corrected chi connectivity index (χ3v) is 3.10. The van der Waals surface area contributed by atoms with Crippen molar-refractivity contribution in [3.63, 3.8) is 0 Å². The van der Waals surface area contributed by atoms with Crippen LogP contribution in [0.5, 0.6) is 17.2 Å². The van der Waals surface area contributed by atoms with Crippen molar-refractivity contribution in [2.24, 2.45) is 5.73 Å². The molecule has 0 bridgehead atoms. The third-order valence-electron chi connectivity index (χ3n) is 3.10. The molecular formula is C16H17NO3. The van der Waals surface area contributed by atoms with E-state index in [4.69, 9.17) is 15.2 Å². The van der Waals surface area contributed by atoms with Gasteiger partial charge in [-0.05, 0) is 48.9 Å². The first-order valence-corrected chi connectivity index (χ1v) is 6.31. The van der Waals surface area contributed by atoms with Gasteiger partial charge in [-0.15, -0.1) is 0 Å². The maximum atomic E-state index is 11.1. The van der Waals surface area contributed by atoms with Crippen LogP contribution >= 0.6 is 0 Å². The molecule has 4 heteroatoms. The first-order chi connectivity index (χ1) is 9.60. The number of methoxy groups -OCH3 is 1. The van der Waals surface area contributed by atoms with Crippen molar-refractivity contribution in [1.29, 1.82) is 0 Å². The zero-order chi connectivity index (χ0) is 14.5. The summed E-state index contributed by atoms with van der Waals surface area (Å²) < 4.78 is 10.8. The van der Waals surface area contributed by atoms with Crippen LogP contribution in [0.25, 0.3) is 0 Å². The summed E-state index contributed by atoms with van der Waals surface area (Å²) in [6, 6.07) is 14.6. The minimum Gasteiger partial charge on any atom is -0.497 e. The summed E-state index contributed by atoms with van der Waals surface area (Å²) in [6.07, 6.45) is 0. The molecule has 0 fully saturated rings. The van der Waals surface area contributed by atoms with E-state index >= 15 is 0 Å². The van der Waals surface area contributed by atoms with Crippen molar-refractivity contribution in [3.05, 3.63) is 54.1 Å². The minimum atomic E-state index is -0.339. The Morgan fingerprint density at radius 1 is 0.950 bits per heavy atom. The molecule has 0 aromatic heterocycles. The minimum absolute atomic E-state index is 0.301. The number of carbonyl (C=O) groups is 1. The Kier molecular flexibility index (Phi) is 4.25. The van der Waals surface area contributed by atoms with Gasteiger partial charge in [0, 0.05) is 0 Å². The van der Waals surface area contributed by atoms with Gasteiger partial charge in [0.1, 0.15) is 17.2 Å². The molecule has 1 unspecified atom stereocenters. The number of nitrogens with two attached hydrogens (primary N) is 1. The van der Waals surface area contributed by atoms with Crippen molar-refractivity contribution in [3.8, 4) is 17.2 Å². The van der Waals surface area contributed by atoms with Gasteiger partial charge < -0.3 is 15.2 Å². The highest BCUT2D eigenvalue weighted by Gasteiger charge is 2.11. The number of hydrogen-bond acceptors (Lipinski definition) is 3. The maximum Gasteiger partial charge on any atom is 0.224 e. The number of amides is 1. The standard InChI is InChI=1S/C16H17NO3/c1-11(16(17)18)12-3-5-14(6-4-12)20-15-9-7-13(19-2)8-10-15/h3-11H,1-2H3,(H2,17,18). The molecule has 1 atom stereocenters. The Balaban J connectivity index is 2.08. The van der Waals surface area contributed by atoms with Crippen molar-refractivity contribution < 1.29 is 14.3 Å². The van der Waals surface area contributed by atoms with Crippen LogP contribution in [0.3, 0.4) is 0 Å². The number of benzene rings is 2. The van der Waals surface area contributed by atoms with Gasteiger partial charge in [-0.3, -0.25) is 4.79 Å². The fourth-order valence-corrected chi connectivity index (χ4v) is 1.77. The summed E-state index contributed by atoms with van der Waals surface area (Å²) >= 11 is 0. The zero-order valence-electron chi connectivity index (χ0n) is 11.5. The molecule has 2 aromatic carbocycles. The van der Waals surface area contributed by atoms with E-state index in [2.05, 4.69) is 0 Å². The second-order valence-corrected chi connectivity index (χ2v) is 4.47. The summed E-state index contributed by atoms with van der Waals surface area (Å²) in [5, 5.41) is 0. The van der Waals surface area contributed by atoms with Crippen LogP contribution in [0.2, 0.25) is 0 Å². The van der Waals surface area contributed by atoms with Gasteiger partial charge in [0.15, 0.2) is 0 Å². The van der Waals surface area contributed by atoms with Gasteiger partial charge in [-0.2, -0.15) is 0 Å². The molecule has 2 aromatic rings. The van der Waals surface area contributed by atoms with E-state index in [1.54, 1.807) is 14.0 Å². The largest absolute Gasteiger partial charge is 0.497 e. The highest BCUT2D eigenvalue weighted by Crippen LogP contribution is 2.25. The topological polar surface area (TPSA) is 61.6 Å². The van der Waals surface area contributed by atoms with Gasteiger partial charge in [-0.1, -0.05) is 12.1 Å². The number of ether oxygens (including phenoxy) is 2. The van der Waals surface area contributed by atoms with Gasteiger partial charge in [-0.25, -0.2) is 0 Å². The molecule has 0 aliphatic heterocycles. The van der Waals surface area contributed by atoms with E-state index < -0.39 is 0 Å². The molecule has 0 saturated heterocycles. The lowest BCUT2D eigenvalue weighted by Crippen LogP contribution is -2.18. The smallest absolute Gasteiger partial charge is 0.224 e. The third kappa shape index (κ3) is 3.29. The molecule has 0 saturated carbocycles. The molecule has 4 nitrogen and oxygen atoms in total. The predicted octanol–water partition coefficient (Wildman–Crippen LogP) is 3.08. The van der Waals surface area contributed by atoms with E-state index in [0.717, 1.165) is 17.1 Å². The lowest BCUT2D eigenvalue weighted by molar-refractivity contribution is -0.119.